The zero-order valence-corrected chi connectivity index (χ0v) is 15.8. The molecule has 5 atom stereocenters. The summed E-state index contributed by atoms with van der Waals surface area (Å²) in [6.07, 6.45) is 5.04. The van der Waals surface area contributed by atoms with Crippen LogP contribution in [0.1, 0.15) is 46.0 Å². The van der Waals surface area contributed by atoms with Crippen molar-refractivity contribution in [3.05, 3.63) is 24.3 Å². The van der Waals surface area contributed by atoms with Gasteiger partial charge in [-0.15, -0.1) is 0 Å². The highest BCUT2D eigenvalue weighted by atomic mass is 16.5. The summed E-state index contributed by atoms with van der Waals surface area (Å²) in [7, 11) is 1.67. The monoisotopic (exact) mass is 356 g/mol. The van der Waals surface area contributed by atoms with Gasteiger partial charge in [-0.25, -0.2) is 5.01 Å². The van der Waals surface area contributed by atoms with Gasteiger partial charge in [-0.1, -0.05) is 12.1 Å². The van der Waals surface area contributed by atoms with Gasteiger partial charge in [0, 0.05) is 0 Å². The van der Waals surface area contributed by atoms with Gasteiger partial charge >= 0.3 is 0 Å². The first-order valence-electron chi connectivity index (χ1n) is 9.86. The number of hydrogen-bond donors (Lipinski definition) is 1. The molecule has 1 aromatic carbocycles. The van der Waals surface area contributed by atoms with Crippen LogP contribution in [0.15, 0.2) is 24.3 Å². The van der Waals surface area contributed by atoms with Crippen LogP contribution in [0, 0.1) is 17.8 Å². The molecule has 140 valence electrons. The Hall–Kier alpha value is -1.75. The first-order valence-corrected chi connectivity index (χ1v) is 9.86. The van der Waals surface area contributed by atoms with Crippen molar-refractivity contribution in [3.8, 4) is 5.75 Å². The second kappa shape index (κ2) is 5.16. The molecule has 0 radical (unpaired) electrons. The average Bonchev–Trinajstić information content (AvgIpc) is 2.78. The molecule has 2 bridgehead atoms. The Morgan fingerprint density at radius 1 is 1.15 bits per heavy atom. The highest BCUT2D eigenvalue weighted by Gasteiger charge is 2.64. The summed E-state index contributed by atoms with van der Waals surface area (Å²) < 4.78 is 5.57. The molecule has 3 saturated carbocycles. The number of hydrazine groups is 1. The van der Waals surface area contributed by atoms with E-state index in [4.69, 9.17) is 4.74 Å². The van der Waals surface area contributed by atoms with Crippen LogP contribution in [0.3, 0.4) is 0 Å². The van der Waals surface area contributed by atoms with Crippen LogP contribution < -0.4 is 9.75 Å². The van der Waals surface area contributed by atoms with Crippen LogP contribution in [-0.4, -0.2) is 40.3 Å². The number of para-hydroxylation sites is 2. The van der Waals surface area contributed by atoms with E-state index in [0.717, 1.165) is 43.5 Å². The van der Waals surface area contributed by atoms with Crippen molar-refractivity contribution >= 4 is 11.6 Å². The summed E-state index contributed by atoms with van der Waals surface area (Å²) in [5.41, 5.74) is -0.0758. The second-order valence-corrected chi connectivity index (χ2v) is 9.21. The van der Waals surface area contributed by atoms with Crippen molar-refractivity contribution in [2.24, 2.45) is 17.8 Å². The predicted molar refractivity (Wildman–Crippen MR) is 98.7 cm³/mol. The van der Waals surface area contributed by atoms with E-state index >= 15 is 0 Å². The standard InChI is InChI=1S/C21H28N2O3/c1-20(2)19(24)22(23(20)17-6-4-5-7-18(17)26-3)16-9-8-13-11-21(25)12-14(16)10-15(13)21/h4-7,13-16,25H,8-12H2,1-3H3/t13?,14?,15?,16-,21-/m1/s1. The van der Waals surface area contributed by atoms with E-state index in [1.807, 2.05) is 43.1 Å². The van der Waals surface area contributed by atoms with Crippen molar-refractivity contribution in [2.45, 2.75) is 63.1 Å². The molecule has 0 aromatic heterocycles. The number of aliphatic hydroxyl groups is 1. The van der Waals surface area contributed by atoms with E-state index in [9.17, 15) is 9.90 Å². The van der Waals surface area contributed by atoms with Gasteiger partial charge < -0.3 is 9.84 Å². The number of methoxy groups -OCH3 is 1. The van der Waals surface area contributed by atoms with E-state index in [2.05, 4.69) is 5.01 Å². The maximum Gasteiger partial charge on any atom is 0.268 e. The largest absolute Gasteiger partial charge is 0.495 e. The number of fused-ring (bicyclic) bond motifs is 1. The lowest BCUT2D eigenvalue weighted by atomic mass is 9.61. The first kappa shape index (κ1) is 16.4. The highest BCUT2D eigenvalue weighted by molar-refractivity contribution is 5.98. The molecule has 3 aliphatic carbocycles. The third kappa shape index (κ3) is 1.92. The fraction of sp³-hybridized carbons (Fsp3) is 0.667. The summed E-state index contributed by atoms with van der Waals surface area (Å²) in [5.74, 6) is 2.48. The molecule has 1 aliphatic heterocycles. The molecule has 1 heterocycles. The smallest absolute Gasteiger partial charge is 0.268 e. The van der Waals surface area contributed by atoms with Crippen LogP contribution in [0.5, 0.6) is 5.75 Å². The highest BCUT2D eigenvalue weighted by Crippen LogP contribution is 2.62. The number of nitrogens with zero attached hydrogens (tertiary/aromatic N) is 2. The molecule has 1 aromatic rings. The van der Waals surface area contributed by atoms with Gasteiger partial charge in [-0.2, -0.15) is 0 Å². The molecule has 1 N–H and O–H groups in total. The lowest BCUT2D eigenvalue weighted by Crippen LogP contribution is -2.78. The third-order valence-electron chi connectivity index (χ3n) is 7.53. The van der Waals surface area contributed by atoms with Crippen molar-refractivity contribution < 1.29 is 14.6 Å². The number of carbonyl (C=O) groups is 1. The van der Waals surface area contributed by atoms with E-state index in [-0.39, 0.29) is 11.9 Å². The molecule has 5 rings (SSSR count). The van der Waals surface area contributed by atoms with Crippen molar-refractivity contribution in [2.75, 3.05) is 12.1 Å². The van der Waals surface area contributed by atoms with Crippen molar-refractivity contribution in [1.29, 1.82) is 0 Å². The Morgan fingerprint density at radius 2 is 1.88 bits per heavy atom. The van der Waals surface area contributed by atoms with Gasteiger partial charge in [0.15, 0.2) is 0 Å². The summed E-state index contributed by atoms with van der Waals surface area (Å²) in [5, 5.41) is 15.0. The van der Waals surface area contributed by atoms with E-state index in [1.165, 1.54) is 0 Å². The molecular formula is C21H28N2O3. The number of benzene rings is 1. The molecule has 0 spiro atoms. The second-order valence-electron chi connectivity index (χ2n) is 9.21. The van der Waals surface area contributed by atoms with Gasteiger partial charge in [-0.3, -0.25) is 9.80 Å². The minimum Gasteiger partial charge on any atom is -0.495 e. The average molecular weight is 356 g/mol. The maximum atomic E-state index is 13.1. The molecular weight excluding hydrogens is 328 g/mol. The van der Waals surface area contributed by atoms with Crippen molar-refractivity contribution in [3.63, 3.8) is 0 Å². The third-order valence-corrected chi connectivity index (χ3v) is 7.53. The molecule has 26 heavy (non-hydrogen) atoms. The van der Waals surface area contributed by atoms with Gasteiger partial charge in [0.25, 0.3) is 5.91 Å². The SMILES string of the molecule is COc1ccccc1N1N([C@@H]2CCC3C[C@@]4(O)CC2CC34)C(=O)C1(C)C. The number of carbonyl (C=O) groups excluding carboxylic acids is 1. The van der Waals surface area contributed by atoms with E-state index < -0.39 is 11.1 Å². The predicted octanol–water partition coefficient (Wildman–Crippen LogP) is 2.98. The number of hydrogen-bond acceptors (Lipinski definition) is 4. The topological polar surface area (TPSA) is 53.0 Å². The molecule has 5 heteroatoms. The summed E-state index contributed by atoms with van der Waals surface area (Å²) >= 11 is 0. The molecule has 5 nitrogen and oxygen atoms in total. The lowest BCUT2D eigenvalue weighted by Gasteiger charge is -2.60. The summed E-state index contributed by atoms with van der Waals surface area (Å²) in [4.78, 5) is 13.1. The number of rotatable bonds is 3. The quantitative estimate of drug-likeness (QED) is 0.905. The molecule has 4 aliphatic rings. The van der Waals surface area contributed by atoms with Gasteiger partial charge in [0.05, 0.1) is 18.8 Å². The van der Waals surface area contributed by atoms with Gasteiger partial charge in [0.2, 0.25) is 0 Å². The van der Waals surface area contributed by atoms with Crippen LogP contribution >= 0.6 is 0 Å². The fourth-order valence-corrected chi connectivity index (χ4v) is 6.28. The van der Waals surface area contributed by atoms with Crippen LogP contribution in [-0.2, 0) is 4.79 Å². The summed E-state index contributed by atoms with van der Waals surface area (Å²) in [6.45, 7) is 3.97. The van der Waals surface area contributed by atoms with Gasteiger partial charge in [-0.05, 0) is 75.8 Å². The van der Waals surface area contributed by atoms with Crippen LogP contribution in [0.2, 0.25) is 0 Å². The number of amides is 1. The Balaban J connectivity index is 1.50. The van der Waals surface area contributed by atoms with Crippen LogP contribution in [0.4, 0.5) is 5.69 Å². The minimum atomic E-state index is -0.571. The van der Waals surface area contributed by atoms with E-state index in [1.54, 1.807) is 7.11 Å². The van der Waals surface area contributed by atoms with E-state index in [0.29, 0.717) is 17.8 Å². The molecule has 1 saturated heterocycles. The zero-order chi connectivity index (χ0) is 18.3. The maximum absolute atomic E-state index is 13.1. The molecule has 3 unspecified atom stereocenters. The fourth-order valence-electron chi connectivity index (χ4n) is 6.28. The summed E-state index contributed by atoms with van der Waals surface area (Å²) in [6, 6.07) is 8.10. The normalized spacial score (nSPS) is 39.9. The van der Waals surface area contributed by atoms with Crippen molar-refractivity contribution in [1.82, 2.24) is 5.01 Å². The Morgan fingerprint density at radius 3 is 2.65 bits per heavy atom. The Labute approximate surface area is 154 Å². The Bertz CT molecular complexity index is 763. The molecule has 1 amide bonds. The number of ether oxygens (including phenoxy) is 1. The number of anilines is 1. The first-order chi connectivity index (χ1) is 12.4. The minimum absolute atomic E-state index is 0.180. The lowest BCUT2D eigenvalue weighted by molar-refractivity contribution is -0.160. The molecule has 4 fully saturated rings. The van der Waals surface area contributed by atoms with Crippen LogP contribution in [0.25, 0.3) is 0 Å². The van der Waals surface area contributed by atoms with Gasteiger partial charge in [0.1, 0.15) is 17.0 Å². The Kier molecular flexibility index (Phi) is 3.26. The zero-order valence-electron chi connectivity index (χ0n) is 15.8.